The summed E-state index contributed by atoms with van der Waals surface area (Å²) < 4.78 is 5.66. The topological polar surface area (TPSA) is 39.2 Å². The van der Waals surface area contributed by atoms with Gasteiger partial charge in [0.25, 0.3) is 0 Å². The van der Waals surface area contributed by atoms with Gasteiger partial charge >= 0.3 is 0 Å². The molecule has 1 heterocycles. The molecule has 0 spiro atoms. The summed E-state index contributed by atoms with van der Waals surface area (Å²) in [4.78, 5) is 16.2. The van der Waals surface area contributed by atoms with Gasteiger partial charge in [-0.25, -0.2) is 0 Å². The van der Waals surface area contributed by atoms with E-state index in [0.717, 1.165) is 28.6 Å². The van der Waals surface area contributed by atoms with Crippen LogP contribution >= 0.6 is 0 Å². The molecule has 18 heavy (non-hydrogen) atoms. The maximum atomic E-state index is 11.9. The Bertz CT molecular complexity index is 563. The maximum Gasteiger partial charge on any atom is 0.163 e. The Labute approximate surface area is 107 Å². The predicted octanol–water partition coefficient (Wildman–Crippen LogP) is 3.62. The molecule has 2 rings (SSSR count). The number of nitrogens with zero attached hydrogens (tertiary/aromatic N) is 1. The number of ketones is 1. The maximum absolute atomic E-state index is 11.9. The summed E-state index contributed by atoms with van der Waals surface area (Å²) in [5.41, 5.74) is 1.50. The van der Waals surface area contributed by atoms with Gasteiger partial charge in [0.1, 0.15) is 11.3 Å². The van der Waals surface area contributed by atoms with Crippen LogP contribution in [-0.2, 0) is 0 Å². The lowest BCUT2D eigenvalue weighted by Crippen LogP contribution is -2.01. The standard InChI is InChI=1S/C15H17NO2/c1-3-10-18-14-8-7-11(13(17)4-2)12-6-5-9-16-15(12)14/h5-9H,3-4,10H2,1-2H3. The molecule has 0 unspecified atom stereocenters. The van der Waals surface area contributed by atoms with Crippen LogP contribution in [0.2, 0.25) is 0 Å². The van der Waals surface area contributed by atoms with Crippen molar-refractivity contribution in [1.29, 1.82) is 0 Å². The van der Waals surface area contributed by atoms with Gasteiger partial charge in [-0.05, 0) is 24.6 Å². The normalized spacial score (nSPS) is 10.6. The van der Waals surface area contributed by atoms with E-state index in [2.05, 4.69) is 11.9 Å². The number of hydrogen-bond donors (Lipinski definition) is 0. The van der Waals surface area contributed by atoms with Gasteiger partial charge in [-0.2, -0.15) is 0 Å². The van der Waals surface area contributed by atoms with Gasteiger partial charge in [0.15, 0.2) is 5.78 Å². The van der Waals surface area contributed by atoms with E-state index in [0.29, 0.717) is 13.0 Å². The van der Waals surface area contributed by atoms with Crippen LogP contribution in [0.25, 0.3) is 10.9 Å². The summed E-state index contributed by atoms with van der Waals surface area (Å²) >= 11 is 0. The van der Waals surface area contributed by atoms with Crippen LogP contribution in [0.3, 0.4) is 0 Å². The van der Waals surface area contributed by atoms with E-state index in [9.17, 15) is 4.79 Å². The summed E-state index contributed by atoms with van der Waals surface area (Å²) in [6, 6.07) is 7.44. The molecule has 3 heteroatoms. The van der Waals surface area contributed by atoms with Gasteiger partial charge in [-0.3, -0.25) is 9.78 Å². The van der Waals surface area contributed by atoms with Gasteiger partial charge < -0.3 is 4.74 Å². The number of pyridine rings is 1. The van der Waals surface area contributed by atoms with Crippen LogP contribution in [0.1, 0.15) is 37.0 Å². The molecule has 0 atom stereocenters. The van der Waals surface area contributed by atoms with Gasteiger partial charge in [-0.1, -0.05) is 19.9 Å². The zero-order valence-electron chi connectivity index (χ0n) is 10.8. The van der Waals surface area contributed by atoms with Crippen molar-refractivity contribution in [3.63, 3.8) is 0 Å². The molecule has 0 radical (unpaired) electrons. The number of Topliss-reactive ketones (excluding diaryl/α,β-unsaturated/α-hetero) is 1. The lowest BCUT2D eigenvalue weighted by molar-refractivity contribution is 0.0989. The average Bonchev–Trinajstić information content (AvgIpc) is 2.43. The summed E-state index contributed by atoms with van der Waals surface area (Å²) in [6.07, 6.45) is 3.17. The molecular formula is C15H17NO2. The highest BCUT2D eigenvalue weighted by molar-refractivity contribution is 6.08. The van der Waals surface area contributed by atoms with Crippen LogP contribution in [0.5, 0.6) is 5.75 Å². The number of hydrogen-bond acceptors (Lipinski definition) is 3. The van der Waals surface area contributed by atoms with Crippen molar-refractivity contribution < 1.29 is 9.53 Å². The number of ether oxygens (including phenoxy) is 1. The van der Waals surface area contributed by atoms with Crippen LogP contribution in [0.15, 0.2) is 30.5 Å². The molecule has 0 aliphatic carbocycles. The van der Waals surface area contributed by atoms with Crippen molar-refractivity contribution in [3.05, 3.63) is 36.0 Å². The lowest BCUT2D eigenvalue weighted by atomic mass is 10.0. The average molecular weight is 243 g/mol. The number of aromatic nitrogens is 1. The second-order valence-corrected chi connectivity index (χ2v) is 4.14. The Morgan fingerprint density at radius 1 is 1.28 bits per heavy atom. The number of benzene rings is 1. The minimum atomic E-state index is 0.134. The Morgan fingerprint density at radius 2 is 2.11 bits per heavy atom. The van der Waals surface area contributed by atoms with Crippen LogP contribution in [-0.4, -0.2) is 17.4 Å². The van der Waals surface area contributed by atoms with E-state index < -0.39 is 0 Å². The van der Waals surface area contributed by atoms with Crippen LogP contribution < -0.4 is 4.74 Å². The minimum absolute atomic E-state index is 0.134. The Balaban J connectivity index is 2.55. The SMILES string of the molecule is CCCOc1ccc(C(=O)CC)c2cccnc12. The van der Waals surface area contributed by atoms with E-state index in [1.807, 2.05) is 31.2 Å². The highest BCUT2D eigenvalue weighted by Crippen LogP contribution is 2.27. The smallest absolute Gasteiger partial charge is 0.163 e. The van der Waals surface area contributed by atoms with E-state index in [-0.39, 0.29) is 5.78 Å². The molecule has 1 aromatic heterocycles. The molecule has 0 amide bonds. The number of rotatable bonds is 5. The third kappa shape index (κ3) is 2.35. The number of fused-ring (bicyclic) bond motifs is 1. The van der Waals surface area contributed by atoms with Crippen molar-refractivity contribution >= 4 is 16.7 Å². The summed E-state index contributed by atoms with van der Waals surface area (Å²) in [7, 11) is 0. The van der Waals surface area contributed by atoms with E-state index >= 15 is 0 Å². The van der Waals surface area contributed by atoms with Crippen molar-refractivity contribution in [2.45, 2.75) is 26.7 Å². The third-order valence-corrected chi connectivity index (χ3v) is 2.82. The number of carbonyl (C=O) groups excluding carboxylic acids is 1. The minimum Gasteiger partial charge on any atom is -0.491 e. The van der Waals surface area contributed by atoms with Gasteiger partial charge in [0, 0.05) is 23.6 Å². The molecule has 1 aromatic carbocycles. The van der Waals surface area contributed by atoms with Crippen molar-refractivity contribution in [3.8, 4) is 5.75 Å². The first-order valence-electron chi connectivity index (χ1n) is 6.31. The Hall–Kier alpha value is -1.90. The van der Waals surface area contributed by atoms with Gasteiger partial charge in [0.2, 0.25) is 0 Å². The highest BCUT2D eigenvalue weighted by atomic mass is 16.5. The fourth-order valence-corrected chi connectivity index (χ4v) is 1.91. The molecule has 0 saturated heterocycles. The first-order chi connectivity index (χ1) is 8.77. The van der Waals surface area contributed by atoms with Crippen LogP contribution in [0, 0.1) is 0 Å². The zero-order valence-corrected chi connectivity index (χ0v) is 10.8. The first kappa shape index (κ1) is 12.6. The summed E-state index contributed by atoms with van der Waals surface area (Å²) in [5, 5.41) is 0.873. The van der Waals surface area contributed by atoms with E-state index in [1.54, 1.807) is 6.20 Å². The quantitative estimate of drug-likeness (QED) is 0.753. The lowest BCUT2D eigenvalue weighted by Gasteiger charge is -2.10. The summed E-state index contributed by atoms with van der Waals surface area (Å²) in [5.74, 6) is 0.884. The molecule has 94 valence electrons. The first-order valence-corrected chi connectivity index (χ1v) is 6.31. The molecule has 0 fully saturated rings. The predicted molar refractivity (Wildman–Crippen MR) is 72.2 cm³/mol. The molecule has 0 bridgehead atoms. The molecule has 3 nitrogen and oxygen atoms in total. The molecule has 0 aliphatic rings. The zero-order chi connectivity index (χ0) is 13.0. The van der Waals surface area contributed by atoms with Crippen LogP contribution in [0.4, 0.5) is 0 Å². The third-order valence-electron chi connectivity index (χ3n) is 2.82. The Kier molecular flexibility index (Phi) is 3.92. The molecule has 0 aliphatic heterocycles. The molecule has 2 aromatic rings. The molecular weight excluding hydrogens is 226 g/mol. The fourth-order valence-electron chi connectivity index (χ4n) is 1.91. The van der Waals surface area contributed by atoms with Crippen molar-refractivity contribution in [2.75, 3.05) is 6.61 Å². The van der Waals surface area contributed by atoms with Gasteiger partial charge in [-0.15, -0.1) is 0 Å². The van der Waals surface area contributed by atoms with Crippen molar-refractivity contribution in [2.24, 2.45) is 0 Å². The molecule has 0 saturated carbocycles. The highest BCUT2D eigenvalue weighted by Gasteiger charge is 2.12. The second-order valence-electron chi connectivity index (χ2n) is 4.14. The second kappa shape index (κ2) is 5.63. The summed E-state index contributed by atoms with van der Waals surface area (Å²) in [6.45, 7) is 4.59. The van der Waals surface area contributed by atoms with E-state index in [4.69, 9.17) is 4.74 Å². The van der Waals surface area contributed by atoms with Gasteiger partial charge in [0.05, 0.1) is 6.61 Å². The largest absolute Gasteiger partial charge is 0.491 e. The fraction of sp³-hybridized carbons (Fsp3) is 0.333. The van der Waals surface area contributed by atoms with Crippen molar-refractivity contribution in [1.82, 2.24) is 4.98 Å². The molecule has 0 N–H and O–H groups in total. The van der Waals surface area contributed by atoms with E-state index in [1.165, 1.54) is 0 Å². The monoisotopic (exact) mass is 243 g/mol. The Morgan fingerprint density at radius 3 is 2.83 bits per heavy atom. The number of carbonyl (C=O) groups is 1.